The summed E-state index contributed by atoms with van der Waals surface area (Å²) in [7, 11) is 0. The van der Waals surface area contributed by atoms with Gasteiger partial charge in [0.25, 0.3) is 0 Å². The fourth-order valence-electron chi connectivity index (χ4n) is 2.32. The van der Waals surface area contributed by atoms with E-state index < -0.39 is 6.09 Å². The SMILES string of the molecule is CC(C)=CCC/C(C)=C/CC/C(C)=C/COC(=O)Nc1ccccc1O. The van der Waals surface area contributed by atoms with E-state index in [4.69, 9.17) is 4.74 Å². The lowest BCUT2D eigenvalue weighted by Crippen LogP contribution is -2.13. The van der Waals surface area contributed by atoms with Crippen molar-refractivity contribution in [2.45, 2.75) is 53.4 Å². The molecule has 0 aliphatic carbocycles. The van der Waals surface area contributed by atoms with E-state index in [0.717, 1.165) is 25.7 Å². The van der Waals surface area contributed by atoms with Gasteiger partial charge in [0.15, 0.2) is 0 Å². The van der Waals surface area contributed by atoms with Crippen LogP contribution in [0.4, 0.5) is 10.5 Å². The van der Waals surface area contributed by atoms with Crippen molar-refractivity contribution < 1.29 is 14.6 Å². The number of anilines is 1. The Hall–Kier alpha value is -2.49. The van der Waals surface area contributed by atoms with Crippen molar-refractivity contribution in [2.24, 2.45) is 0 Å². The number of hydrogen-bond donors (Lipinski definition) is 2. The Kier molecular flexibility index (Phi) is 9.91. The van der Waals surface area contributed by atoms with Crippen molar-refractivity contribution in [3.05, 3.63) is 59.2 Å². The molecule has 1 amide bonds. The zero-order valence-corrected chi connectivity index (χ0v) is 16.3. The minimum atomic E-state index is -0.578. The molecule has 0 bridgehead atoms. The third-order valence-electron chi connectivity index (χ3n) is 3.91. The molecular weight excluding hydrogens is 326 g/mol. The molecule has 0 atom stereocenters. The smallest absolute Gasteiger partial charge is 0.412 e. The molecule has 0 spiro atoms. The van der Waals surface area contributed by atoms with Gasteiger partial charge in [-0.05, 0) is 71.6 Å². The van der Waals surface area contributed by atoms with Crippen LogP contribution in [0.1, 0.15) is 53.4 Å². The van der Waals surface area contributed by atoms with Gasteiger partial charge >= 0.3 is 6.09 Å². The van der Waals surface area contributed by atoms with Gasteiger partial charge in [0.2, 0.25) is 0 Å². The minimum Gasteiger partial charge on any atom is -0.506 e. The summed E-state index contributed by atoms with van der Waals surface area (Å²) in [5.74, 6) is 0.0166. The van der Waals surface area contributed by atoms with E-state index in [-0.39, 0.29) is 12.4 Å². The van der Waals surface area contributed by atoms with Crippen LogP contribution < -0.4 is 5.32 Å². The molecule has 1 rings (SSSR count). The van der Waals surface area contributed by atoms with Gasteiger partial charge in [-0.15, -0.1) is 0 Å². The van der Waals surface area contributed by atoms with Crippen molar-refractivity contribution >= 4 is 11.8 Å². The highest BCUT2D eigenvalue weighted by atomic mass is 16.5. The molecule has 0 saturated carbocycles. The lowest BCUT2D eigenvalue weighted by atomic mass is 10.1. The summed E-state index contributed by atoms with van der Waals surface area (Å²) in [5.41, 5.74) is 4.30. The summed E-state index contributed by atoms with van der Waals surface area (Å²) >= 11 is 0. The number of nitrogens with one attached hydrogen (secondary N) is 1. The predicted octanol–water partition coefficient (Wildman–Crippen LogP) is 6.36. The Balaban J connectivity index is 2.27. The third-order valence-corrected chi connectivity index (χ3v) is 3.91. The molecule has 1 aromatic carbocycles. The summed E-state index contributed by atoms with van der Waals surface area (Å²) in [6.07, 6.45) is 10.0. The molecule has 0 aliphatic rings. The molecule has 0 unspecified atom stereocenters. The molecule has 0 radical (unpaired) electrons. The Morgan fingerprint density at radius 3 is 2.27 bits per heavy atom. The van der Waals surface area contributed by atoms with Crippen LogP contribution in [0.25, 0.3) is 0 Å². The van der Waals surface area contributed by atoms with Gasteiger partial charge in [-0.1, -0.05) is 41.0 Å². The van der Waals surface area contributed by atoms with Crippen LogP contribution in [0.2, 0.25) is 0 Å². The average molecular weight is 357 g/mol. The van der Waals surface area contributed by atoms with Crippen molar-refractivity contribution in [3.8, 4) is 5.75 Å². The van der Waals surface area contributed by atoms with Gasteiger partial charge < -0.3 is 9.84 Å². The summed E-state index contributed by atoms with van der Waals surface area (Å²) in [6.45, 7) is 8.67. The number of aromatic hydroxyl groups is 1. The molecular formula is C22H31NO3. The highest BCUT2D eigenvalue weighted by Crippen LogP contribution is 2.21. The second kappa shape index (κ2) is 12.0. The Labute approximate surface area is 157 Å². The third kappa shape index (κ3) is 9.72. The summed E-state index contributed by atoms with van der Waals surface area (Å²) in [6, 6.07) is 6.54. The van der Waals surface area contributed by atoms with E-state index >= 15 is 0 Å². The molecule has 0 aliphatic heterocycles. The maximum absolute atomic E-state index is 11.7. The number of phenolic OH excluding ortho intramolecular Hbond substituents is 1. The van der Waals surface area contributed by atoms with Gasteiger partial charge in [-0.2, -0.15) is 0 Å². The number of allylic oxidation sites excluding steroid dienone is 5. The Morgan fingerprint density at radius 2 is 1.62 bits per heavy atom. The molecule has 0 fully saturated rings. The molecule has 0 aromatic heterocycles. The van der Waals surface area contributed by atoms with Gasteiger partial charge in [0, 0.05) is 0 Å². The number of para-hydroxylation sites is 2. The topological polar surface area (TPSA) is 58.6 Å². The van der Waals surface area contributed by atoms with Crippen molar-refractivity contribution in [3.63, 3.8) is 0 Å². The lowest BCUT2D eigenvalue weighted by Gasteiger charge is -2.07. The summed E-state index contributed by atoms with van der Waals surface area (Å²) in [4.78, 5) is 11.7. The van der Waals surface area contributed by atoms with Crippen LogP contribution in [0.3, 0.4) is 0 Å². The normalized spacial score (nSPS) is 11.8. The number of ether oxygens (including phenoxy) is 1. The van der Waals surface area contributed by atoms with Crippen molar-refractivity contribution in [2.75, 3.05) is 11.9 Å². The molecule has 26 heavy (non-hydrogen) atoms. The monoisotopic (exact) mass is 357 g/mol. The van der Waals surface area contributed by atoms with Crippen LogP contribution in [0.15, 0.2) is 59.2 Å². The van der Waals surface area contributed by atoms with Gasteiger partial charge in [0.1, 0.15) is 12.4 Å². The van der Waals surface area contributed by atoms with E-state index in [0.29, 0.717) is 5.69 Å². The first-order valence-corrected chi connectivity index (χ1v) is 9.05. The highest BCUT2D eigenvalue weighted by molar-refractivity contribution is 5.86. The Morgan fingerprint density at radius 1 is 1.00 bits per heavy atom. The first-order valence-electron chi connectivity index (χ1n) is 9.05. The van der Waals surface area contributed by atoms with E-state index in [2.05, 4.69) is 38.2 Å². The maximum Gasteiger partial charge on any atom is 0.412 e. The highest BCUT2D eigenvalue weighted by Gasteiger charge is 2.05. The number of carbonyl (C=O) groups excluding carboxylic acids is 1. The summed E-state index contributed by atoms with van der Waals surface area (Å²) < 4.78 is 5.12. The van der Waals surface area contributed by atoms with Crippen molar-refractivity contribution in [1.82, 2.24) is 0 Å². The molecule has 142 valence electrons. The van der Waals surface area contributed by atoms with Gasteiger partial charge in [-0.3, -0.25) is 5.32 Å². The van der Waals surface area contributed by atoms with E-state index in [1.165, 1.54) is 22.8 Å². The molecule has 2 N–H and O–H groups in total. The molecule has 1 aromatic rings. The molecule has 4 nitrogen and oxygen atoms in total. The number of amides is 1. The molecule has 4 heteroatoms. The summed E-state index contributed by atoms with van der Waals surface area (Å²) in [5, 5.41) is 12.1. The molecule has 0 saturated heterocycles. The van der Waals surface area contributed by atoms with Crippen LogP contribution in [-0.4, -0.2) is 17.8 Å². The number of hydrogen-bond acceptors (Lipinski definition) is 3. The van der Waals surface area contributed by atoms with E-state index in [1.54, 1.807) is 18.2 Å². The standard InChI is InChI=1S/C22H31NO3/c1-17(2)9-7-10-18(3)11-8-12-19(4)15-16-26-22(25)23-20-13-5-6-14-21(20)24/h5-6,9,11,13-15,24H,7-8,10,12,16H2,1-4H3,(H,23,25)/b18-11+,19-15+. The van der Waals surface area contributed by atoms with Gasteiger partial charge in [-0.25, -0.2) is 4.79 Å². The van der Waals surface area contributed by atoms with Crippen molar-refractivity contribution in [1.29, 1.82) is 0 Å². The zero-order valence-electron chi connectivity index (χ0n) is 16.3. The fraction of sp³-hybridized carbons (Fsp3) is 0.409. The Bertz CT molecular complexity index is 668. The quantitative estimate of drug-likeness (QED) is 0.399. The number of rotatable bonds is 9. The van der Waals surface area contributed by atoms with E-state index in [1.807, 2.05) is 13.0 Å². The first kappa shape index (κ1) is 21.6. The largest absolute Gasteiger partial charge is 0.506 e. The van der Waals surface area contributed by atoms with Crippen LogP contribution in [0, 0.1) is 0 Å². The fourth-order valence-corrected chi connectivity index (χ4v) is 2.32. The number of carbonyl (C=O) groups is 1. The van der Waals surface area contributed by atoms with E-state index in [9.17, 15) is 9.90 Å². The van der Waals surface area contributed by atoms with Gasteiger partial charge in [0.05, 0.1) is 5.69 Å². The first-order chi connectivity index (χ1) is 12.4. The maximum atomic E-state index is 11.7. The number of benzene rings is 1. The minimum absolute atomic E-state index is 0.0166. The lowest BCUT2D eigenvalue weighted by molar-refractivity contribution is 0.173. The molecule has 0 heterocycles. The second-order valence-corrected chi connectivity index (χ2v) is 6.70. The number of phenols is 1. The van der Waals surface area contributed by atoms with Crippen LogP contribution in [0.5, 0.6) is 5.75 Å². The predicted molar refractivity (Wildman–Crippen MR) is 108 cm³/mol. The second-order valence-electron chi connectivity index (χ2n) is 6.70. The van der Waals surface area contributed by atoms with Crippen LogP contribution in [-0.2, 0) is 4.74 Å². The zero-order chi connectivity index (χ0) is 19.4. The average Bonchev–Trinajstić information content (AvgIpc) is 2.56. The van der Waals surface area contributed by atoms with Crippen LogP contribution >= 0.6 is 0 Å².